The fourth-order valence-electron chi connectivity index (χ4n) is 3.05. The number of hydrogen-bond acceptors (Lipinski definition) is 2. The zero-order chi connectivity index (χ0) is 18.9. The molecule has 0 aliphatic heterocycles. The maximum atomic E-state index is 12.3. The molecule has 1 fully saturated rings. The molecule has 5 nitrogen and oxygen atoms in total. The van der Waals surface area contributed by atoms with Crippen LogP contribution in [0.25, 0.3) is 0 Å². The molecule has 1 atom stereocenters. The lowest BCUT2D eigenvalue weighted by atomic mass is 10.1. The Morgan fingerprint density at radius 2 is 1.93 bits per heavy atom. The SMILES string of the molecule is CCNC(=NCc1cccc(NC(=O)C2CCCC2)c1)NC(C)C(C)C.I. The molecule has 0 aromatic heterocycles. The average molecular weight is 486 g/mol. The lowest BCUT2D eigenvalue weighted by molar-refractivity contribution is -0.119. The minimum absolute atomic E-state index is 0. The fraction of sp³-hybridized carbons (Fsp3) is 0.619. The van der Waals surface area contributed by atoms with Gasteiger partial charge in [0, 0.05) is 24.2 Å². The molecule has 0 radical (unpaired) electrons. The molecule has 6 heteroatoms. The Bertz CT molecular complexity index is 612. The van der Waals surface area contributed by atoms with E-state index >= 15 is 0 Å². The van der Waals surface area contributed by atoms with E-state index in [1.807, 2.05) is 24.3 Å². The molecule has 1 amide bonds. The topological polar surface area (TPSA) is 65.5 Å². The molecule has 1 aliphatic rings. The van der Waals surface area contributed by atoms with Crippen LogP contribution in [0.4, 0.5) is 5.69 Å². The van der Waals surface area contributed by atoms with Crippen LogP contribution in [-0.2, 0) is 11.3 Å². The number of nitrogens with zero attached hydrogens (tertiary/aromatic N) is 1. The Morgan fingerprint density at radius 1 is 1.22 bits per heavy atom. The highest BCUT2D eigenvalue weighted by Gasteiger charge is 2.22. The van der Waals surface area contributed by atoms with Crippen LogP contribution in [-0.4, -0.2) is 24.5 Å². The van der Waals surface area contributed by atoms with Crippen molar-refractivity contribution < 1.29 is 4.79 Å². The van der Waals surface area contributed by atoms with Crippen molar-refractivity contribution in [3.63, 3.8) is 0 Å². The summed E-state index contributed by atoms with van der Waals surface area (Å²) in [5, 5.41) is 9.80. The van der Waals surface area contributed by atoms with Crippen LogP contribution < -0.4 is 16.0 Å². The van der Waals surface area contributed by atoms with E-state index in [1.54, 1.807) is 0 Å². The predicted molar refractivity (Wildman–Crippen MR) is 125 cm³/mol. The molecule has 1 aromatic carbocycles. The average Bonchev–Trinajstić information content (AvgIpc) is 3.15. The Labute approximate surface area is 181 Å². The number of carbonyl (C=O) groups is 1. The first-order valence-electron chi connectivity index (χ1n) is 9.94. The van der Waals surface area contributed by atoms with E-state index in [1.165, 1.54) is 12.8 Å². The second-order valence-corrected chi connectivity index (χ2v) is 7.54. The standard InChI is InChI=1S/C21H34N4O.HI/c1-5-22-21(24-16(4)15(2)3)23-14-17-9-8-12-19(13-17)25-20(26)18-10-6-7-11-18;/h8-9,12-13,15-16,18H,5-7,10-11,14H2,1-4H3,(H,25,26)(H2,22,23,24);1H. The third kappa shape index (κ3) is 8.07. The molecule has 0 bridgehead atoms. The smallest absolute Gasteiger partial charge is 0.227 e. The van der Waals surface area contributed by atoms with Gasteiger partial charge in [-0.05, 0) is 50.3 Å². The molecule has 1 aromatic rings. The van der Waals surface area contributed by atoms with Gasteiger partial charge in [0.05, 0.1) is 6.54 Å². The zero-order valence-corrected chi connectivity index (χ0v) is 19.4. The highest BCUT2D eigenvalue weighted by atomic mass is 127. The fourth-order valence-corrected chi connectivity index (χ4v) is 3.05. The Balaban J connectivity index is 0.00000364. The van der Waals surface area contributed by atoms with Gasteiger partial charge in [-0.15, -0.1) is 24.0 Å². The van der Waals surface area contributed by atoms with Crippen LogP contribution in [0.3, 0.4) is 0 Å². The van der Waals surface area contributed by atoms with Crippen molar-refractivity contribution in [1.29, 1.82) is 0 Å². The molecule has 2 rings (SSSR count). The molecule has 0 spiro atoms. The largest absolute Gasteiger partial charge is 0.357 e. The van der Waals surface area contributed by atoms with Crippen molar-refractivity contribution in [1.82, 2.24) is 10.6 Å². The van der Waals surface area contributed by atoms with Gasteiger partial charge in [-0.1, -0.05) is 38.8 Å². The lowest BCUT2D eigenvalue weighted by Crippen LogP contribution is -2.44. The van der Waals surface area contributed by atoms with Gasteiger partial charge in [-0.25, -0.2) is 4.99 Å². The first-order chi connectivity index (χ1) is 12.5. The van der Waals surface area contributed by atoms with E-state index in [9.17, 15) is 4.79 Å². The van der Waals surface area contributed by atoms with Crippen LogP contribution in [0, 0.1) is 11.8 Å². The van der Waals surface area contributed by atoms with E-state index in [4.69, 9.17) is 0 Å². The van der Waals surface area contributed by atoms with Crippen LogP contribution in [0.15, 0.2) is 29.3 Å². The summed E-state index contributed by atoms with van der Waals surface area (Å²) in [6, 6.07) is 8.34. The number of carbonyl (C=O) groups excluding carboxylic acids is 1. The van der Waals surface area contributed by atoms with Crippen molar-refractivity contribution in [3.8, 4) is 0 Å². The molecule has 3 N–H and O–H groups in total. The third-order valence-electron chi connectivity index (χ3n) is 5.05. The molecule has 0 heterocycles. The summed E-state index contributed by atoms with van der Waals surface area (Å²) >= 11 is 0. The molecule has 1 aliphatic carbocycles. The summed E-state index contributed by atoms with van der Waals surface area (Å²) < 4.78 is 0. The van der Waals surface area contributed by atoms with Gasteiger partial charge in [0.1, 0.15) is 0 Å². The highest BCUT2D eigenvalue weighted by Crippen LogP contribution is 2.26. The van der Waals surface area contributed by atoms with Crippen molar-refractivity contribution in [2.24, 2.45) is 16.8 Å². The first-order valence-corrected chi connectivity index (χ1v) is 9.94. The van der Waals surface area contributed by atoms with E-state index in [-0.39, 0.29) is 35.8 Å². The van der Waals surface area contributed by atoms with Crippen LogP contribution in [0.5, 0.6) is 0 Å². The van der Waals surface area contributed by atoms with E-state index in [2.05, 4.69) is 48.6 Å². The summed E-state index contributed by atoms with van der Waals surface area (Å²) in [6.07, 6.45) is 4.37. The summed E-state index contributed by atoms with van der Waals surface area (Å²) in [4.78, 5) is 17.0. The van der Waals surface area contributed by atoms with Crippen LogP contribution in [0.2, 0.25) is 0 Å². The van der Waals surface area contributed by atoms with Crippen molar-refractivity contribution in [2.45, 2.75) is 66.0 Å². The van der Waals surface area contributed by atoms with Gasteiger partial charge < -0.3 is 16.0 Å². The van der Waals surface area contributed by atoms with Crippen molar-refractivity contribution in [2.75, 3.05) is 11.9 Å². The molecule has 0 saturated heterocycles. The maximum Gasteiger partial charge on any atom is 0.227 e. The molecule has 1 saturated carbocycles. The summed E-state index contributed by atoms with van der Waals surface area (Å²) in [5.74, 6) is 1.70. The molecule has 152 valence electrons. The van der Waals surface area contributed by atoms with Crippen LogP contribution >= 0.6 is 24.0 Å². The van der Waals surface area contributed by atoms with E-state index in [0.717, 1.165) is 36.6 Å². The number of rotatable bonds is 7. The predicted octanol–water partition coefficient (Wildman–Crippen LogP) is 4.53. The molecular weight excluding hydrogens is 451 g/mol. The number of amides is 1. The monoisotopic (exact) mass is 486 g/mol. The highest BCUT2D eigenvalue weighted by molar-refractivity contribution is 14.0. The van der Waals surface area contributed by atoms with Gasteiger partial charge in [0.15, 0.2) is 5.96 Å². The summed E-state index contributed by atoms with van der Waals surface area (Å²) in [5.41, 5.74) is 1.95. The maximum absolute atomic E-state index is 12.3. The van der Waals surface area contributed by atoms with Crippen molar-refractivity contribution >= 4 is 41.5 Å². The molecule has 1 unspecified atom stereocenters. The molecule has 27 heavy (non-hydrogen) atoms. The Morgan fingerprint density at radius 3 is 2.56 bits per heavy atom. The molecular formula is C21H35IN4O. The van der Waals surface area contributed by atoms with Gasteiger partial charge in [0.25, 0.3) is 0 Å². The summed E-state index contributed by atoms with van der Waals surface area (Å²) in [7, 11) is 0. The number of hydrogen-bond donors (Lipinski definition) is 3. The quantitative estimate of drug-likeness (QED) is 0.302. The number of nitrogens with one attached hydrogen (secondary N) is 3. The number of benzene rings is 1. The number of anilines is 1. The second-order valence-electron chi connectivity index (χ2n) is 7.54. The van der Waals surface area contributed by atoms with Gasteiger partial charge in [-0.3, -0.25) is 4.79 Å². The number of aliphatic imine (C=N–C) groups is 1. The van der Waals surface area contributed by atoms with Gasteiger partial charge in [0.2, 0.25) is 5.91 Å². The zero-order valence-electron chi connectivity index (χ0n) is 17.0. The normalized spacial score (nSPS) is 16.0. The van der Waals surface area contributed by atoms with Gasteiger partial charge in [-0.2, -0.15) is 0 Å². The third-order valence-corrected chi connectivity index (χ3v) is 5.05. The van der Waals surface area contributed by atoms with Crippen molar-refractivity contribution in [3.05, 3.63) is 29.8 Å². The minimum atomic E-state index is 0. The second kappa shape index (κ2) is 12.2. The first kappa shape index (κ1) is 23.7. The van der Waals surface area contributed by atoms with Gasteiger partial charge >= 0.3 is 0 Å². The Kier molecular flexibility index (Phi) is 10.7. The van der Waals surface area contributed by atoms with Crippen LogP contribution in [0.1, 0.15) is 58.9 Å². The van der Waals surface area contributed by atoms with E-state index in [0.29, 0.717) is 18.5 Å². The number of guanidine groups is 1. The minimum Gasteiger partial charge on any atom is -0.357 e. The lowest BCUT2D eigenvalue weighted by Gasteiger charge is -2.20. The Hall–Kier alpha value is -1.31. The summed E-state index contributed by atoms with van der Waals surface area (Å²) in [6.45, 7) is 10.0. The number of halogens is 1. The van der Waals surface area contributed by atoms with E-state index < -0.39 is 0 Å².